The van der Waals surface area contributed by atoms with Crippen LogP contribution in [0.3, 0.4) is 0 Å². The summed E-state index contributed by atoms with van der Waals surface area (Å²) in [6, 6.07) is 19.1. The van der Waals surface area contributed by atoms with Crippen LogP contribution >= 0.6 is 11.6 Å². The second-order valence-corrected chi connectivity index (χ2v) is 7.93. The molecule has 0 N–H and O–H groups in total. The van der Waals surface area contributed by atoms with Crippen molar-refractivity contribution in [2.45, 2.75) is 13.0 Å². The second kappa shape index (κ2) is 12.6. The molecular weight excluding hydrogens is 412 g/mol. The van der Waals surface area contributed by atoms with Gasteiger partial charge in [-0.05, 0) is 30.2 Å². The summed E-state index contributed by atoms with van der Waals surface area (Å²) in [5.41, 5.74) is 2.57. The number of hydrogen-bond acceptors (Lipinski definition) is 5. The van der Waals surface area contributed by atoms with Gasteiger partial charge in [-0.2, -0.15) is 0 Å². The zero-order chi connectivity index (χ0) is 21.9. The molecule has 2 aromatic carbocycles. The molecule has 5 nitrogen and oxygen atoms in total. The maximum absolute atomic E-state index is 11.2. The molecule has 2 aromatic rings. The fourth-order valence-corrected chi connectivity index (χ4v) is 3.93. The fourth-order valence-electron chi connectivity index (χ4n) is 3.80. The van der Waals surface area contributed by atoms with E-state index in [-0.39, 0.29) is 18.6 Å². The topological polar surface area (TPSA) is 42.0 Å². The Hall–Kier alpha value is -2.18. The molecule has 0 unspecified atom stereocenters. The first-order valence-electron chi connectivity index (χ1n) is 10.8. The van der Waals surface area contributed by atoms with Gasteiger partial charge < -0.3 is 9.47 Å². The van der Waals surface area contributed by atoms with Crippen LogP contribution in [0.2, 0.25) is 5.02 Å². The SMILES string of the molecule is CCOC(=O)COCC=CCN1CCN([C@H](c2ccccc2)c2ccc(Cl)cc2)CC1. The van der Waals surface area contributed by atoms with E-state index in [1.165, 1.54) is 11.1 Å². The Morgan fingerprint density at radius 3 is 2.35 bits per heavy atom. The Morgan fingerprint density at radius 1 is 1.00 bits per heavy atom. The van der Waals surface area contributed by atoms with Crippen molar-refractivity contribution >= 4 is 17.6 Å². The lowest BCUT2D eigenvalue weighted by molar-refractivity contribution is -0.147. The summed E-state index contributed by atoms with van der Waals surface area (Å²) in [6.07, 6.45) is 4.07. The molecule has 1 fully saturated rings. The standard InChI is InChI=1S/C25H31ClN2O3/c1-2-31-24(29)20-30-19-7-6-14-27-15-17-28(18-16-27)25(21-8-4-3-5-9-21)22-10-12-23(26)13-11-22/h3-13,25H,2,14-20H2,1H3/t25-/m1/s1. The average molecular weight is 443 g/mol. The number of carbonyl (C=O) groups is 1. The van der Waals surface area contributed by atoms with Crippen molar-refractivity contribution in [2.24, 2.45) is 0 Å². The van der Waals surface area contributed by atoms with Crippen LogP contribution in [0.15, 0.2) is 66.7 Å². The fraction of sp³-hybridized carbons (Fsp3) is 0.400. The van der Waals surface area contributed by atoms with Crippen molar-refractivity contribution in [2.75, 3.05) is 52.5 Å². The third-order valence-electron chi connectivity index (χ3n) is 5.34. The van der Waals surface area contributed by atoms with E-state index < -0.39 is 0 Å². The van der Waals surface area contributed by atoms with Crippen LogP contribution in [0.5, 0.6) is 0 Å². The monoisotopic (exact) mass is 442 g/mol. The van der Waals surface area contributed by atoms with E-state index in [1.54, 1.807) is 6.92 Å². The van der Waals surface area contributed by atoms with Crippen LogP contribution in [-0.4, -0.2) is 68.3 Å². The summed E-state index contributed by atoms with van der Waals surface area (Å²) in [6.45, 7) is 7.48. The molecule has 1 heterocycles. The van der Waals surface area contributed by atoms with Gasteiger partial charge in [0.2, 0.25) is 0 Å². The molecule has 0 spiro atoms. The Morgan fingerprint density at radius 2 is 1.68 bits per heavy atom. The van der Waals surface area contributed by atoms with E-state index in [1.807, 2.05) is 18.2 Å². The molecule has 0 aromatic heterocycles. The lowest BCUT2D eigenvalue weighted by Crippen LogP contribution is -2.47. The first kappa shape index (κ1) is 23.5. The number of ether oxygens (including phenoxy) is 2. The zero-order valence-electron chi connectivity index (χ0n) is 18.1. The van der Waals surface area contributed by atoms with Crippen LogP contribution < -0.4 is 0 Å². The molecule has 0 amide bonds. The van der Waals surface area contributed by atoms with Crippen LogP contribution in [0, 0.1) is 0 Å². The molecular formula is C25H31ClN2O3. The molecule has 166 valence electrons. The Balaban J connectivity index is 1.50. The number of nitrogens with zero attached hydrogens (tertiary/aromatic N) is 2. The van der Waals surface area contributed by atoms with Gasteiger partial charge in [-0.1, -0.05) is 66.2 Å². The van der Waals surface area contributed by atoms with Crippen molar-refractivity contribution in [3.05, 3.63) is 82.9 Å². The van der Waals surface area contributed by atoms with Crippen LogP contribution in [0.1, 0.15) is 24.1 Å². The van der Waals surface area contributed by atoms with Crippen molar-refractivity contribution in [3.8, 4) is 0 Å². The predicted molar refractivity (Wildman–Crippen MR) is 124 cm³/mol. The van der Waals surface area contributed by atoms with Crippen molar-refractivity contribution in [1.29, 1.82) is 0 Å². The van der Waals surface area contributed by atoms with E-state index in [0.717, 1.165) is 37.7 Å². The molecule has 0 saturated carbocycles. The summed E-state index contributed by atoms with van der Waals surface area (Å²) >= 11 is 6.12. The molecule has 1 aliphatic rings. The lowest BCUT2D eigenvalue weighted by atomic mass is 9.96. The first-order chi connectivity index (χ1) is 15.2. The van der Waals surface area contributed by atoms with Gasteiger partial charge in [0.25, 0.3) is 0 Å². The Bertz CT molecular complexity index is 818. The molecule has 1 saturated heterocycles. The molecule has 0 aliphatic carbocycles. The molecule has 1 aliphatic heterocycles. The maximum atomic E-state index is 11.2. The number of rotatable bonds is 10. The van der Waals surface area contributed by atoms with Crippen LogP contribution in [0.25, 0.3) is 0 Å². The Labute approximate surface area is 190 Å². The number of benzene rings is 2. The maximum Gasteiger partial charge on any atom is 0.332 e. The van der Waals surface area contributed by atoms with E-state index in [9.17, 15) is 4.79 Å². The van der Waals surface area contributed by atoms with Crippen molar-refractivity contribution < 1.29 is 14.3 Å². The van der Waals surface area contributed by atoms with Crippen molar-refractivity contribution in [3.63, 3.8) is 0 Å². The third-order valence-corrected chi connectivity index (χ3v) is 5.59. The lowest BCUT2D eigenvalue weighted by Gasteiger charge is -2.39. The predicted octanol–water partition coefficient (Wildman–Crippen LogP) is 4.18. The van der Waals surface area contributed by atoms with Crippen LogP contribution in [0.4, 0.5) is 0 Å². The number of piperazine rings is 1. The van der Waals surface area contributed by atoms with E-state index in [2.05, 4.69) is 58.3 Å². The first-order valence-corrected chi connectivity index (χ1v) is 11.2. The van der Waals surface area contributed by atoms with E-state index in [4.69, 9.17) is 21.1 Å². The normalized spacial score (nSPS) is 16.5. The minimum Gasteiger partial charge on any atom is -0.464 e. The highest BCUT2D eigenvalue weighted by atomic mass is 35.5. The highest BCUT2D eigenvalue weighted by Crippen LogP contribution is 2.30. The zero-order valence-corrected chi connectivity index (χ0v) is 18.8. The minimum absolute atomic E-state index is 0.00241. The summed E-state index contributed by atoms with van der Waals surface area (Å²) < 4.78 is 10.1. The summed E-state index contributed by atoms with van der Waals surface area (Å²) in [5, 5.41) is 0.762. The van der Waals surface area contributed by atoms with Gasteiger partial charge in [-0.25, -0.2) is 4.79 Å². The molecule has 31 heavy (non-hydrogen) atoms. The summed E-state index contributed by atoms with van der Waals surface area (Å²) in [4.78, 5) is 16.2. The smallest absolute Gasteiger partial charge is 0.332 e. The minimum atomic E-state index is -0.319. The molecule has 0 bridgehead atoms. The van der Waals surface area contributed by atoms with Gasteiger partial charge in [-0.3, -0.25) is 9.80 Å². The van der Waals surface area contributed by atoms with Gasteiger partial charge in [0.05, 0.1) is 19.3 Å². The van der Waals surface area contributed by atoms with E-state index >= 15 is 0 Å². The summed E-state index contributed by atoms with van der Waals surface area (Å²) in [7, 11) is 0. The molecule has 3 rings (SSSR count). The largest absolute Gasteiger partial charge is 0.464 e. The summed E-state index contributed by atoms with van der Waals surface area (Å²) in [5.74, 6) is -0.319. The number of halogens is 1. The van der Waals surface area contributed by atoms with Gasteiger partial charge >= 0.3 is 5.97 Å². The quantitative estimate of drug-likeness (QED) is 0.313. The molecule has 1 atom stereocenters. The third kappa shape index (κ3) is 7.47. The number of esters is 1. The van der Waals surface area contributed by atoms with Crippen LogP contribution in [-0.2, 0) is 14.3 Å². The highest BCUT2D eigenvalue weighted by molar-refractivity contribution is 6.30. The van der Waals surface area contributed by atoms with Gasteiger partial charge in [0, 0.05) is 37.7 Å². The van der Waals surface area contributed by atoms with Gasteiger partial charge in [0.15, 0.2) is 0 Å². The second-order valence-electron chi connectivity index (χ2n) is 7.49. The number of hydrogen-bond donors (Lipinski definition) is 0. The highest BCUT2D eigenvalue weighted by Gasteiger charge is 2.25. The molecule has 6 heteroatoms. The average Bonchev–Trinajstić information content (AvgIpc) is 2.79. The van der Waals surface area contributed by atoms with E-state index in [0.29, 0.717) is 13.2 Å². The van der Waals surface area contributed by atoms with Crippen molar-refractivity contribution in [1.82, 2.24) is 9.80 Å². The van der Waals surface area contributed by atoms with Gasteiger partial charge in [-0.15, -0.1) is 0 Å². The Kier molecular flexibility index (Phi) is 9.56. The van der Waals surface area contributed by atoms with Gasteiger partial charge in [0.1, 0.15) is 6.61 Å². The number of carbonyl (C=O) groups excluding carboxylic acids is 1. The molecule has 0 radical (unpaired) electrons.